The van der Waals surface area contributed by atoms with E-state index in [4.69, 9.17) is 0 Å². The topological polar surface area (TPSA) is 56.3 Å². The van der Waals surface area contributed by atoms with E-state index in [9.17, 15) is 9.36 Å². The maximum atomic E-state index is 12.4. The molecule has 0 saturated carbocycles. The molecule has 16 heavy (non-hydrogen) atoms. The fourth-order valence-electron chi connectivity index (χ4n) is 1.47. The van der Waals surface area contributed by atoms with Gasteiger partial charge in [0.1, 0.15) is 7.14 Å². The normalized spacial score (nSPS) is 11.2. The number of carbonyl (C=O) groups excluding carboxylic acids is 1. The quantitative estimate of drug-likeness (QED) is 0.596. The highest BCUT2D eigenvalue weighted by atomic mass is 31.2. The highest BCUT2D eigenvalue weighted by Gasteiger charge is 2.21. The van der Waals surface area contributed by atoms with E-state index in [0.717, 1.165) is 0 Å². The fraction of sp³-hybridized carbons (Fsp3) is 0.455. The summed E-state index contributed by atoms with van der Waals surface area (Å²) in [5.74, 6) is -0.451. The van der Waals surface area contributed by atoms with Crippen LogP contribution in [0.5, 0.6) is 0 Å². The Labute approximate surface area is 95.4 Å². The first-order chi connectivity index (χ1) is 7.57. The average Bonchev–Trinajstić information content (AvgIpc) is 2.37. The Hall–Kier alpha value is -1.15. The van der Waals surface area contributed by atoms with Crippen molar-refractivity contribution in [2.24, 2.45) is 0 Å². The highest BCUT2D eigenvalue weighted by molar-refractivity contribution is 7.71. The molecule has 0 bridgehead atoms. The van der Waals surface area contributed by atoms with E-state index >= 15 is 0 Å². The number of pyridine rings is 1. The maximum absolute atomic E-state index is 12.4. The van der Waals surface area contributed by atoms with Crippen LogP contribution in [0.15, 0.2) is 18.5 Å². The fourth-order valence-corrected chi connectivity index (χ4v) is 3.30. The monoisotopic (exact) mass is 241 g/mol. The Morgan fingerprint density at radius 1 is 1.38 bits per heavy atom. The van der Waals surface area contributed by atoms with Crippen molar-refractivity contribution in [1.29, 1.82) is 0 Å². The number of rotatable bonds is 4. The molecule has 0 unspecified atom stereocenters. The lowest BCUT2D eigenvalue weighted by Gasteiger charge is -2.14. The van der Waals surface area contributed by atoms with Crippen LogP contribution >= 0.6 is 7.14 Å². The molecular formula is C11H16NO3P. The summed E-state index contributed by atoms with van der Waals surface area (Å²) >= 11 is 0. The molecule has 0 aliphatic carbocycles. The van der Waals surface area contributed by atoms with Crippen LogP contribution in [-0.4, -0.2) is 30.4 Å². The molecule has 1 rings (SSSR count). The molecule has 0 aliphatic rings. The van der Waals surface area contributed by atoms with Crippen LogP contribution in [-0.2, 0) is 9.30 Å². The molecule has 4 nitrogen and oxygen atoms in total. The minimum atomic E-state index is -2.38. The molecule has 0 aromatic carbocycles. The van der Waals surface area contributed by atoms with Gasteiger partial charge in [0.2, 0.25) is 0 Å². The molecule has 1 aromatic rings. The highest BCUT2D eigenvalue weighted by Crippen LogP contribution is 2.43. The standard InChI is InChI=1S/C11H16NO3P/c1-4-16(14,5-2)10-6-9(7-12-8-10)11(13)15-3/h6-8H,4-5H2,1-3H3. The number of esters is 1. The molecule has 1 heterocycles. The number of hydrogen-bond donors (Lipinski definition) is 0. The van der Waals surface area contributed by atoms with Gasteiger partial charge in [0, 0.05) is 30.0 Å². The molecule has 0 atom stereocenters. The molecule has 0 radical (unpaired) electrons. The number of hydrogen-bond acceptors (Lipinski definition) is 4. The summed E-state index contributed by atoms with van der Waals surface area (Å²) in [6.45, 7) is 3.77. The number of nitrogens with zero attached hydrogens (tertiary/aromatic N) is 1. The number of methoxy groups -OCH3 is 1. The third-order valence-electron chi connectivity index (χ3n) is 2.64. The third-order valence-corrected chi connectivity index (χ3v) is 5.87. The second-order valence-electron chi connectivity index (χ2n) is 3.45. The van der Waals surface area contributed by atoms with Gasteiger partial charge in [0.25, 0.3) is 0 Å². The van der Waals surface area contributed by atoms with Gasteiger partial charge in [-0.3, -0.25) is 4.98 Å². The lowest BCUT2D eigenvalue weighted by atomic mass is 10.3. The van der Waals surface area contributed by atoms with Gasteiger partial charge in [-0.1, -0.05) is 13.8 Å². The molecule has 88 valence electrons. The zero-order chi connectivity index (χ0) is 12.2. The van der Waals surface area contributed by atoms with Crippen LogP contribution in [0.25, 0.3) is 0 Å². The lowest BCUT2D eigenvalue weighted by Crippen LogP contribution is -2.13. The van der Waals surface area contributed by atoms with Gasteiger partial charge in [-0.15, -0.1) is 0 Å². The molecule has 1 aromatic heterocycles. The molecule has 0 saturated heterocycles. The third kappa shape index (κ3) is 2.50. The van der Waals surface area contributed by atoms with Crippen molar-refractivity contribution >= 4 is 18.4 Å². The van der Waals surface area contributed by atoms with E-state index in [1.54, 1.807) is 12.3 Å². The lowest BCUT2D eigenvalue weighted by molar-refractivity contribution is 0.0600. The SMILES string of the molecule is CCP(=O)(CC)c1cncc(C(=O)OC)c1. The predicted octanol–water partition coefficient (Wildman–Crippen LogP) is 1.90. The Morgan fingerprint density at radius 3 is 2.50 bits per heavy atom. The van der Waals surface area contributed by atoms with E-state index in [1.807, 2.05) is 13.8 Å². The van der Waals surface area contributed by atoms with Gasteiger partial charge in [0.15, 0.2) is 0 Å². The largest absolute Gasteiger partial charge is 0.465 e. The summed E-state index contributed by atoms with van der Waals surface area (Å²) in [5.41, 5.74) is 0.349. The molecule has 0 N–H and O–H groups in total. The smallest absolute Gasteiger partial charge is 0.339 e. The zero-order valence-corrected chi connectivity index (χ0v) is 10.7. The minimum absolute atomic E-state index is 0.349. The average molecular weight is 241 g/mol. The number of carbonyl (C=O) groups is 1. The minimum Gasteiger partial charge on any atom is -0.465 e. The summed E-state index contributed by atoms with van der Waals surface area (Å²) in [7, 11) is -1.07. The first kappa shape index (κ1) is 12.9. The number of ether oxygens (including phenoxy) is 1. The van der Waals surface area contributed by atoms with Crippen molar-refractivity contribution < 1.29 is 14.1 Å². The summed E-state index contributed by atoms with van der Waals surface area (Å²) in [4.78, 5) is 15.3. The van der Waals surface area contributed by atoms with E-state index in [0.29, 0.717) is 23.2 Å². The molecule has 0 fully saturated rings. The second-order valence-corrected chi connectivity index (χ2v) is 7.01. The zero-order valence-electron chi connectivity index (χ0n) is 9.77. The Balaban J connectivity index is 3.17. The van der Waals surface area contributed by atoms with E-state index < -0.39 is 13.1 Å². The van der Waals surface area contributed by atoms with E-state index in [2.05, 4.69) is 9.72 Å². The van der Waals surface area contributed by atoms with Gasteiger partial charge < -0.3 is 9.30 Å². The van der Waals surface area contributed by atoms with Crippen LogP contribution in [0, 0.1) is 0 Å². The van der Waals surface area contributed by atoms with Crippen molar-refractivity contribution in [2.45, 2.75) is 13.8 Å². The summed E-state index contributed by atoms with van der Waals surface area (Å²) in [5, 5.41) is 0.653. The Bertz CT molecular complexity index is 423. The van der Waals surface area contributed by atoms with Crippen LogP contribution in [0.4, 0.5) is 0 Å². The molecule has 5 heteroatoms. The van der Waals surface area contributed by atoms with E-state index in [-0.39, 0.29) is 0 Å². The van der Waals surface area contributed by atoms with Crippen molar-refractivity contribution in [1.82, 2.24) is 4.98 Å². The first-order valence-corrected chi connectivity index (χ1v) is 7.27. The Kier molecular flexibility index (Phi) is 4.25. The van der Waals surface area contributed by atoms with Gasteiger partial charge >= 0.3 is 5.97 Å². The van der Waals surface area contributed by atoms with Crippen molar-refractivity contribution in [2.75, 3.05) is 19.4 Å². The van der Waals surface area contributed by atoms with Crippen LogP contribution in [0.3, 0.4) is 0 Å². The predicted molar refractivity (Wildman–Crippen MR) is 63.9 cm³/mol. The first-order valence-electron chi connectivity index (χ1n) is 5.19. The van der Waals surface area contributed by atoms with Crippen molar-refractivity contribution in [3.63, 3.8) is 0 Å². The Morgan fingerprint density at radius 2 is 2.00 bits per heavy atom. The van der Waals surface area contributed by atoms with Gasteiger partial charge in [-0.05, 0) is 6.07 Å². The summed E-state index contributed by atoms with van der Waals surface area (Å²) in [6.07, 6.45) is 4.15. The van der Waals surface area contributed by atoms with Gasteiger partial charge in [0.05, 0.1) is 12.7 Å². The maximum Gasteiger partial charge on any atom is 0.339 e. The summed E-state index contributed by atoms with van der Waals surface area (Å²) < 4.78 is 17.0. The van der Waals surface area contributed by atoms with Gasteiger partial charge in [-0.25, -0.2) is 4.79 Å². The second kappa shape index (κ2) is 5.26. The van der Waals surface area contributed by atoms with Crippen LogP contribution in [0.1, 0.15) is 24.2 Å². The van der Waals surface area contributed by atoms with E-state index in [1.165, 1.54) is 13.3 Å². The molecule has 0 spiro atoms. The molecular weight excluding hydrogens is 225 g/mol. The molecule has 0 aliphatic heterocycles. The van der Waals surface area contributed by atoms with Crippen molar-refractivity contribution in [3.05, 3.63) is 24.0 Å². The van der Waals surface area contributed by atoms with Crippen molar-refractivity contribution in [3.8, 4) is 0 Å². The number of aromatic nitrogens is 1. The van der Waals surface area contributed by atoms with Gasteiger partial charge in [-0.2, -0.15) is 0 Å². The van der Waals surface area contributed by atoms with Crippen LogP contribution < -0.4 is 5.30 Å². The summed E-state index contributed by atoms with van der Waals surface area (Å²) in [6, 6.07) is 1.62. The molecule has 0 amide bonds. The van der Waals surface area contributed by atoms with Crippen LogP contribution in [0.2, 0.25) is 0 Å².